The normalized spacial score (nSPS) is 17.9. The minimum absolute atomic E-state index is 0.148. The molecule has 0 atom stereocenters. The summed E-state index contributed by atoms with van der Waals surface area (Å²) in [6.45, 7) is 4.50. The van der Waals surface area contributed by atoms with Gasteiger partial charge in [-0.1, -0.05) is 19.0 Å². The molecular formula is C18H23N3O2. The van der Waals surface area contributed by atoms with Crippen LogP contribution in [0.3, 0.4) is 0 Å². The summed E-state index contributed by atoms with van der Waals surface area (Å²) in [4.78, 5) is 5.10. The molecule has 0 N–H and O–H groups in total. The van der Waals surface area contributed by atoms with Gasteiger partial charge >= 0.3 is 0 Å². The molecule has 0 saturated heterocycles. The number of rotatable bonds is 3. The zero-order chi connectivity index (χ0) is 16.6. The van der Waals surface area contributed by atoms with E-state index >= 15 is 0 Å². The van der Waals surface area contributed by atoms with Crippen LogP contribution in [0.5, 0.6) is 5.75 Å². The molecule has 2 aromatic rings. The van der Waals surface area contributed by atoms with Gasteiger partial charge < -0.3 is 9.57 Å². The third kappa shape index (κ3) is 2.83. The molecule has 0 fully saturated rings. The van der Waals surface area contributed by atoms with Gasteiger partial charge in [0.15, 0.2) is 0 Å². The smallest absolute Gasteiger partial charge is 0.118 e. The maximum atomic E-state index is 5.24. The minimum Gasteiger partial charge on any atom is -0.497 e. The number of methoxy groups -OCH3 is 1. The summed E-state index contributed by atoms with van der Waals surface area (Å²) in [6, 6.07) is 7.98. The average Bonchev–Trinajstić information content (AvgIpc) is 2.83. The third-order valence-electron chi connectivity index (χ3n) is 4.31. The van der Waals surface area contributed by atoms with Gasteiger partial charge in [0.2, 0.25) is 0 Å². The van der Waals surface area contributed by atoms with Gasteiger partial charge in [0, 0.05) is 23.9 Å². The molecule has 0 bridgehead atoms. The van der Waals surface area contributed by atoms with Crippen LogP contribution in [-0.2, 0) is 18.3 Å². The highest BCUT2D eigenvalue weighted by molar-refractivity contribution is 6.07. The number of fused-ring (bicyclic) bond motifs is 1. The van der Waals surface area contributed by atoms with Gasteiger partial charge in [-0.15, -0.1) is 0 Å². The number of aromatic nitrogens is 2. The van der Waals surface area contributed by atoms with Crippen LogP contribution in [0.1, 0.15) is 31.5 Å². The predicted octanol–water partition coefficient (Wildman–Crippen LogP) is 3.42. The Morgan fingerprint density at radius 3 is 2.43 bits per heavy atom. The van der Waals surface area contributed by atoms with Gasteiger partial charge in [0.25, 0.3) is 0 Å². The largest absolute Gasteiger partial charge is 0.497 e. The van der Waals surface area contributed by atoms with Crippen molar-refractivity contribution in [3.8, 4) is 17.0 Å². The Morgan fingerprint density at radius 2 is 1.83 bits per heavy atom. The zero-order valence-electron chi connectivity index (χ0n) is 14.4. The van der Waals surface area contributed by atoms with Crippen molar-refractivity contribution in [3.63, 3.8) is 0 Å². The van der Waals surface area contributed by atoms with Crippen LogP contribution in [0, 0.1) is 5.41 Å². The average molecular weight is 313 g/mol. The first kappa shape index (κ1) is 15.6. The van der Waals surface area contributed by atoms with Crippen molar-refractivity contribution in [2.24, 2.45) is 17.6 Å². The lowest BCUT2D eigenvalue weighted by Gasteiger charge is -2.30. The molecule has 5 heteroatoms. The second kappa shape index (κ2) is 5.72. The molecule has 5 nitrogen and oxygen atoms in total. The zero-order valence-corrected chi connectivity index (χ0v) is 14.4. The number of ether oxygens (including phenoxy) is 1. The summed E-state index contributed by atoms with van der Waals surface area (Å²) < 4.78 is 7.21. The number of nitrogens with zero attached hydrogens (tertiary/aromatic N) is 3. The monoisotopic (exact) mass is 313 g/mol. The Kier molecular flexibility index (Phi) is 3.88. The van der Waals surface area contributed by atoms with Crippen LogP contribution in [0.4, 0.5) is 0 Å². The van der Waals surface area contributed by atoms with Crippen LogP contribution in [0.2, 0.25) is 0 Å². The number of hydrogen-bond donors (Lipinski definition) is 0. The van der Waals surface area contributed by atoms with E-state index in [9.17, 15) is 0 Å². The van der Waals surface area contributed by atoms with Gasteiger partial charge in [-0.3, -0.25) is 4.68 Å². The molecule has 0 aliphatic heterocycles. The van der Waals surface area contributed by atoms with Crippen LogP contribution in [0.15, 0.2) is 29.4 Å². The lowest BCUT2D eigenvalue weighted by molar-refractivity contribution is 0.210. The molecule has 122 valence electrons. The fourth-order valence-electron chi connectivity index (χ4n) is 3.26. The molecule has 0 saturated carbocycles. The summed E-state index contributed by atoms with van der Waals surface area (Å²) >= 11 is 0. The van der Waals surface area contributed by atoms with Crippen LogP contribution < -0.4 is 4.74 Å². The van der Waals surface area contributed by atoms with Crippen molar-refractivity contribution >= 4 is 5.71 Å². The summed E-state index contributed by atoms with van der Waals surface area (Å²) in [5.74, 6) is 0.838. The Hall–Kier alpha value is -2.30. The first-order valence-electron chi connectivity index (χ1n) is 7.76. The van der Waals surface area contributed by atoms with Crippen molar-refractivity contribution in [2.45, 2.75) is 26.7 Å². The number of oxime groups is 1. The molecule has 0 radical (unpaired) electrons. The van der Waals surface area contributed by atoms with E-state index in [0.717, 1.165) is 41.1 Å². The Balaban J connectivity index is 2.15. The molecule has 3 rings (SSSR count). The van der Waals surface area contributed by atoms with Gasteiger partial charge in [-0.05, 0) is 42.5 Å². The van der Waals surface area contributed by atoms with Crippen molar-refractivity contribution < 1.29 is 9.57 Å². The summed E-state index contributed by atoms with van der Waals surface area (Å²) in [6.07, 6.45) is 1.85. The van der Waals surface area contributed by atoms with Gasteiger partial charge in [-0.2, -0.15) is 5.10 Å². The first-order chi connectivity index (χ1) is 10.9. The lowest BCUT2D eigenvalue weighted by atomic mass is 9.75. The molecule has 1 aliphatic carbocycles. The predicted molar refractivity (Wildman–Crippen MR) is 90.8 cm³/mol. The van der Waals surface area contributed by atoms with E-state index in [4.69, 9.17) is 14.7 Å². The highest BCUT2D eigenvalue weighted by Crippen LogP contribution is 2.39. The molecule has 0 unspecified atom stereocenters. The van der Waals surface area contributed by atoms with Crippen LogP contribution in [0.25, 0.3) is 11.3 Å². The maximum absolute atomic E-state index is 5.24. The molecule has 1 heterocycles. The van der Waals surface area contributed by atoms with Gasteiger partial charge in [0.05, 0.1) is 12.8 Å². The molecule has 0 spiro atoms. The molecular weight excluding hydrogens is 290 g/mol. The Labute approximate surface area is 136 Å². The van der Waals surface area contributed by atoms with E-state index in [1.807, 2.05) is 36.0 Å². The van der Waals surface area contributed by atoms with Gasteiger partial charge in [0.1, 0.15) is 18.6 Å². The Morgan fingerprint density at radius 1 is 1.13 bits per heavy atom. The number of aryl methyl sites for hydroxylation is 1. The summed E-state index contributed by atoms with van der Waals surface area (Å²) in [5.41, 5.74) is 5.46. The van der Waals surface area contributed by atoms with Crippen LogP contribution >= 0.6 is 0 Å². The van der Waals surface area contributed by atoms with E-state index in [1.54, 1.807) is 14.2 Å². The Bertz CT molecular complexity index is 742. The van der Waals surface area contributed by atoms with Gasteiger partial charge in [-0.25, -0.2) is 0 Å². The molecule has 1 aliphatic rings. The highest BCUT2D eigenvalue weighted by atomic mass is 16.6. The van der Waals surface area contributed by atoms with E-state index in [0.29, 0.717) is 0 Å². The topological polar surface area (TPSA) is 48.6 Å². The van der Waals surface area contributed by atoms with Crippen molar-refractivity contribution in [3.05, 3.63) is 35.5 Å². The fourth-order valence-corrected chi connectivity index (χ4v) is 3.26. The summed E-state index contributed by atoms with van der Waals surface area (Å²) in [5, 5.41) is 9.05. The molecule has 1 aromatic heterocycles. The standard InChI is InChI=1S/C18H23N3O2/c1-18(2)10-14(20-23-5)16-15(11-18)21(3)19-17(16)12-6-8-13(22-4)9-7-12/h6-9H,10-11H2,1-5H3/b20-14-. The van der Waals surface area contributed by atoms with Crippen LogP contribution in [-0.4, -0.2) is 29.7 Å². The van der Waals surface area contributed by atoms with E-state index in [2.05, 4.69) is 19.0 Å². The SMILES string of the molecule is CO/N=C1/CC(C)(C)Cc2c1c(-c1ccc(OC)cc1)nn2C. The van der Waals surface area contributed by atoms with E-state index in [-0.39, 0.29) is 5.41 Å². The van der Waals surface area contributed by atoms with Crippen molar-refractivity contribution in [1.82, 2.24) is 9.78 Å². The second-order valence-electron chi connectivity index (χ2n) is 6.76. The third-order valence-corrected chi connectivity index (χ3v) is 4.31. The number of benzene rings is 1. The maximum Gasteiger partial charge on any atom is 0.118 e. The quantitative estimate of drug-likeness (QED) is 0.816. The fraction of sp³-hybridized carbons (Fsp3) is 0.444. The number of hydrogen-bond acceptors (Lipinski definition) is 4. The van der Waals surface area contributed by atoms with E-state index < -0.39 is 0 Å². The molecule has 0 amide bonds. The molecule has 1 aromatic carbocycles. The second-order valence-corrected chi connectivity index (χ2v) is 6.76. The summed E-state index contributed by atoms with van der Waals surface area (Å²) in [7, 11) is 5.26. The first-order valence-corrected chi connectivity index (χ1v) is 7.76. The van der Waals surface area contributed by atoms with Crippen molar-refractivity contribution in [1.29, 1.82) is 0 Å². The molecule has 23 heavy (non-hydrogen) atoms. The van der Waals surface area contributed by atoms with E-state index in [1.165, 1.54) is 5.69 Å². The minimum atomic E-state index is 0.148. The highest BCUT2D eigenvalue weighted by Gasteiger charge is 2.35. The van der Waals surface area contributed by atoms with Crippen molar-refractivity contribution in [2.75, 3.05) is 14.2 Å². The lowest BCUT2D eigenvalue weighted by Crippen LogP contribution is -2.28.